The van der Waals surface area contributed by atoms with E-state index in [1.807, 2.05) is 26.2 Å². The van der Waals surface area contributed by atoms with Crippen molar-refractivity contribution in [3.8, 4) is 11.1 Å². The highest BCUT2D eigenvalue weighted by molar-refractivity contribution is 7.98. The Kier molecular flexibility index (Phi) is 7.14. The Morgan fingerprint density at radius 3 is 2.70 bits per heavy atom. The molecular weight excluding hydrogens is 522 g/mol. The number of benzene rings is 1. The van der Waals surface area contributed by atoms with Crippen LogP contribution in [-0.4, -0.2) is 44.6 Å². The molecular formula is C31H39N5O3S. The lowest BCUT2D eigenvalue weighted by Gasteiger charge is -2.33. The monoisotopic (exact) mass is 564 g/mol. The van der Waals surface area contributed by atoms with E-state index >= 15 is 0 Å². The van der Waals surface area contributed by atoms with E-state index in [1.165, 1.54) is 0 Å². The molecule has 1 amide bonds. The minimum absolute atomic E-state index is 0.0994. The highest BCUT2D eigenvalue weighted by Gasteiger charge is 2.30. The molecule has 2 N–H and O–H groups in total. The van der Waals surface area contributed by atoms with Crippen LogP contribution in [0, 0.1) is 19.8 Å². The second-order valence-electron chi connectivity index (χ2n) is 10.9. The Labute approximate surface area is 243 Å². The van der Waals surface area contributed by atoms with Gasteiger partial charge in [-0.1, -0.05) is 6.07 Å². The van der Waals surface area contributed by atoms with Crippen molar-refractivity contribution in [2.45, 2.75) is 70.0 Å². The Hall–Kier alpha value is -3.30. The van der Waals surface area contributed by atoms with Crippen molar-refractivity contribution in [2.75, 3.05) is 13.3 Å². The first kappa shape index (κ1) is 24.5. The van der Waals surface area contributed by atoms with E-state index in [1.54, 1.807) is 31.0 Å². The summed E-state index contributed by atoms with van der Waals surface area (Å²) >= 11 is 0.644. The average molecular weight is 565 g/mol. The Morgan fingerprint density at radius 1 is 1.25 bits per heavy atom. The number of nitrogens with zero attached hydrogens (tertiary/aromatic N) is 3. The quantitative estimate of drug-likeness (QED) is 0.265. The summed E-state index contributed by atoms with van der Waals surface area (Å²) in [4.78, 5) is 29.9. The van der Waals surface area contributed by atoms with Crippen LogP contribution in [0.15, 0.2) is 46.3 Å². The lowest BCUT2D eigenvalue weighted by molar-refractivity contribution is 0.0492. The normalized spacial score (nSPS) is 19.7. The molecule has 3 aromatic heterocycles. The van der Waals surface area contributed by atoms with E-state index < -0.39 is 11.7 Å². The fourth-order valence-electron chi connectivity index (χ4n) is 6.22. The minimum atomic E-state index is -2.33. The summed E-state index contributed by atoms with van der Waals surface area (Å²) in [5.41, 5.74) is 4.65. The van der Waals surface area contributed by atoms with Gasteiger partial charge in [-0.15, -0.1) is 11.8 Å². The Bertz CT molecular complexity index is 1700. The number of pyridine rings is 1. The van der Waals surface area contributed by atoms with Gasteiger partial charge in [0.05, 0.1) is 17.9 Å². The van der Waals surface area contributed by atoms with Gasteiger partial charge in [-0.05, 0) is 82.3 Å². The van der Waals surface area contributed by atoms with E-state index in [0.29, 0.717) is 39.9 Å². The molecule has 1 atom stereocenters. The van der Waals surface area contributed by atoms with Gasteiger partial charge in [0.15, 0.2) is 0 Å². The lowest BCUT2D eigenvalue weighted by atomic mass is 9.83. The fraction of sp³-hybridized carbons (Fsp3) is 0.452. The predicted octanol–water partition coefficient (Wildman–Crippen LogP) is 5.77. The number of nitrogens with one attached hydrogen (secondary N) is 2. The molecule has 4 aromatic rings. The highest BCUT2D eigenvalue weighted by Crippen LogP contribution is 2.39. The number of H-pyrrole nitrogens is 1. The molecule has 40 heavy (non-hydrogen) atoms. The summed E-state index contributed by atoms with van der Waals surface area (Å²) in [5, 5.41) is 8.08. The van der Waals surface area contributed by atoms with Crippen LogP contribution in [0.1, 0.15) is 70.1 Å². The van der Waals surface area contributed by atoms with Gasteiger partial charge in [-0.25, -0.2) is 0 Å². The number of carbonyl (C=O) groups excluding carboxylic acids is 1. The average Bonchev–Trinajstić information content (AvgIpc) is 3.50. The zero-order valence-corrected chi connectivity index (χ0v) is 24.5. The summed E-state index contributed by atoms with van der Waals surface area (Å²) in [6.07, 6.45) is 5.85. The SMILES string of the molecule is [2H]C([2H])([2H])Sc1cc(C)[nH]c(=O)c1CNC(=O)c1c(C)n([C@H](C)C2CCC(OC)CC2)c2ccc(-c3cnn(C)c3)cc12. The number of amides is 1. The molecule has 0 aliphatic heterocycles. The van der Waals surface area contributed by atoms with Gasteiger partial charge in [0.25, 0.3) is 11.5 Å². The van der Waals surface area contributed by atoms with E-state index in [4.69, 9.17) is 8.85 Å². The second-order valence-corrected chi connectivity index (χ2v) is 11.5. The van der Waals surface area contributed by atoms with E-state index in [0.717, 1.165) is 53.4 Å². The molecule has 0 radical (unpaired) electrons. The van der Waals surface area contributed by atoms with Gasteiger partial charge in [-0.2, -0.15) is 5.10 Å². The summed E-state index contributed by atoms with van der Waals surface area (Å²) < 4.78 is 32.7. The summed E-state index contributed by atoms with van der Waals surface area (Å²) in [6, 6.07) is 7.98. The molecule has 5 rings (SSSR count). The first-order chi connectivity index (χ1) is 20.4. The van der Waals surface area contributed by atoms with Crippen LogP contribution >= 0.6 is 11.8 Å². The smallest absolute Gasteiger partial charge is 0.254 e. The molecule has 0 saturated heterocycles. The predicted molar refractivity (Wildman–Crippen MR) is 161 cm³/mol. The van der Waals surface area contributed by atoms with Gasteiger partial charge in [0.1, 0.15) is 0 Å². The zero-order chi connectivity index (χ0) is 31.1. The molecule has 9 heteroatoms. The third-order valence-electron chi connectivity index (χ3n) is 8.42. The number of aromatic nitrogens is 4. The molecule has 0 bridgehead atoms. The number of fused-ring (bicyclic) bond motifs is 1. The molecule has 8 nitrogen and oxygen atoms in total. The van der Waals surface area contributed by atoms with Crippen LogP contribution in [0.2, 0.25) is 0 Å². The maximum absolute atomic E-state index is 14.0. The number of methoxy groups -OCH3 is 1. The van der Waals surface area contributed by atoms with Gasteiger partial charge in [-0.3, -0.25) is 14.3 Å². The van der Waals surface area contributed by atoms with Crippen LogP contribution < -0.4 is 10.9 Å². The lowest BCUT2D eigenvalue weighted by Crippen LogP contribution is -2.29. The van der Waals surface area contributed by atoms with Gasteiger partial charge < -0.3 is 19.6 Å². The van der Waals surface area contributed by atoms with Gasteiger partial charge >= 0.3 is 0 Å². The number of ether oxygens (including phenoxy) is 1. The number of rotatable bonds is 8. The highest BCUT2D eigenvalue weighted by atomic mass is 32.2. The zero-order valence-electron chi connectivity index (χ0n) is 26.7. The number of aryl methyl sites for hydroxylation is 2. The minimum Gasteiger partial charge on any atom is -0.381 e. The van der Waals surface area contributed by atoms with Crippen LogP contribution in [0.5, 0.6) is 0 Å². The van der Waals surface area contributed by atoms with E-state index in [-0.39, 0.29) is 24.1 Å². The maximum Gasteiger partial charge on any atom is 0.254 e. The van der Waals surface area contributed by atoms with Crippen molar-refractivity contribution < 1.29 is 13.6 Å². The van der Waals surface area contributed by atoms with Crippen LogP contribution in [0.4, 0.5) is 0 Å². The number of aromatic amines is 1. The van der Waals surface area contributed by atoms with Crippen molar-refractivity contribution in [2.24, 2.45) is 13.0 Å². The number of hydrogen-bond acceptors (Lipinski definition) is 5. The Balaban J connectivity index is 1.54. The summed E-state index contributed by atoms with van der Waals surface area (Å²) in [6.45, 7) is 5.81. The summed E-state index contributed by atoms with van der Waals surface area (Å²) in [7, 11) is 3.64. The standard InChI is InChI=1S/C31H39N5O3S/c1-18-13-28(40-6)26(30(37)34-18)16-32-31(38)29-20(3)36(19(2)21-7-10-24(39-5)11-8-21)27-12-9-22(14-25(27)29)23-15-33-35(4)17-23/h9,12-15,17,19,21,24H,7-8,10-11,16H2,1-6H3,(H,32,38)(H,34,37)/t19-,21?,24?/m1/s1/i6D3. The van der Waals surface area contributed by atoms with Crippen LogP contribution in [0.3, 0.4) is 0 Å². The van der Waals surface area contributed by atoms with Crippen molar-refractivity contribution in [1.82, 2.24) is 24.6 Å². The van der Waals surface area contributed by atoms with Crippen molar-refractivity contribution >= 4 is 28.6 Å². The van der Waals surface area contributed by atoms with Crippen LogP contribution in [-0.2, 0) is 18.3 Å². The number of carbonyl (C=O) groups is 1. The van der Waals surface area contributed by atoms with Crippen molar-refractivity contribution in [3.05, 3.63) is 69.5 Å². The van der Waals surface area contributed by atoms with Gasteiger partial charge in [0.2, 0.25) is 0 Å². The maximum atomic E-state index is 14.0. The number of hydrogen-bond donors (Lipinski definition) is 2. The molecule has 1 saturated carbocycles. The topological polar surface area (TPSA) is 93.9 Å². The molecule has 3 heterocycles. The molecule has 212 valence electrons. The van der Waals surface area contributed by atoms with E-state index in [9.17, 15) is 9.59 Å². The molecule has 1 aliphatic carbocycles. The third-order valence-corrected chi connectivity index (χ3v) is 9.01. The second kappa shape index (κ2) is 11.7. The van der Waals surface area contributed by atoms with Crippen molar-refractivity contribution in [3.63, 3.8) is 0 Å². The van der Waals surface area contributed by atoms with Crippen molar-refractivity contribution in [1.29, 1.82) is 0 Å². The molecule has 0 unspecified atom stereocenters. The molecule has 1 aliphatic rings. The molecule has 1 aromatic carbocycles. The molecule has 1 fully saturated rings. The first-order valence-electron chi connectivity index (χ1n) is 15.2. The van der Waals surface area contributed by atoms with Crippen LogP contribution in [0.25, 0.3) is 22.0 Å². The van der Waals surface area contributed by atoms with E-state index in [2.05, 4.69) is 39.0 Å². The largest absolute Gasteiger partial charge is 0.381 e. The number of thioether (sulfide) groups is 1. The third kappa shape index (κ3) is 5.37. The first-order valence-corrected chi connectivity index (χ1v) is 14.5. The summed E-state index contributed by atoms with van der Waals surface area (Å²) in [5.74, 6) is 0.130. The van der Waals surface area contributed by atoms with Gasteiger partial charge in [0, 0.05) is 75.4 Å². The Morgan fingerprint density at radius 2 is 2.02 bits per heavy atom. The fourth-order valence-corrected chi connectivity index (χ4v) is 6.75. The molecule has 0 spiro atoms.